The van der Waals surface area contributed by atoms with Crippen molar-refractivity contribution in [3.63, 3.8) is 0 Å². The second-order valence-electron chi connectivity index (χ2n) is 8.96. The molecule has 0 aliphatic heterocycles. The summed E-state index contributed by atoms with van der Waals surface area (Å²) in [6.45, 7) is 0. The summed E-state index contributed by atoms with van der Waals surface area (Å²) in [6, 6.07) is 7.68. The number of carboxylic acids is 2. The molecule has 4 aromatic rings. The van der Waals surface area contributed by atoms with E-state index in [4.69, 9.17) is 35.3 Å². The molecule has 41 heavy (non-hydrogen) atoms. The van der Waals surface area contributed by atoms with Crippen molar-refractivity contribution in [1.82, 2.24) is 19.9 Å². The lowest BCUT2D eigenvalue weighted by Crippen LogP contribution is -2.39. The Morgan fingerprint density at radius 2 is 1.76 bits per heavy atom. The van der Waals surface area contributed by atoms with E-state index in [9.17, 15) is 14.4 Å². The maximum atomic E-state index is 11.9. The van der Waals surface area contributed by atoms with Crippen LogP contribution in [0.4, 0.5) is 0 Å². The monoisotopic (exact) mass is 569 g/mol. The van der Waals surface area contributed by atoms with Crippen LogP contribution in [0, 0.1) is 0 Å². The Morgan fingerprint density at radius 1 is 1.02 bits per heavy atom. The van der Waals surface area contributed by atoms with Crippen LogP contribution in [0.25, 0.3) is 22.2 Å². The Balaban J connectivity index is 0.000000397. The van der Waals surface area contributed by atoms with Gasteiger partial charge in [0.05, 0.1) is 36.8 Å². The molecule has 0 saturated heterocycles. The predicted octanol–water partition coefficient (Wildman–Crippen LogP) is 2.33. The third-order valence-corrected chi connectivity index (χ3v) is 6.06. The number of pyridine rings is 1. The van der Waals surface area contributed by atoms with Crippen LogP contribution >= 0.6 is 0 Å². The number of H-pyrrole nitrogens is 1. The number of aromatic amines is 1. The molecule has 3 aromatic heterocycles. The number of oxazole rings is 1. The van der Waals surface area contributed by atoms with Gasteiger partial charge in [-0.15, -0.1) is 0 Å². The van der Waals surface area contributed by atoms with E-state index in [1.807, 2.05) is 24.3 Å². The number of carbonyl (C=O) groups excluding carboxylic acids is 1. The van der Waals surface area contributed by atoms with Gasteiger partial charge >= 0.3 is 11.9 Å². The van der Waals surface area contributed by atoms with Crippen molar-refractivity contribution < 1.29 is 44.0 Å². The number of ketones is 1. The normalized spacial score (nSPS) is 13.1. The number of hydrogen-bond donors (Lipinski definition) is 6. The molecule has 3 heterocycles. The number of rotatable bonds is 13. The minimum atomic E-state index is -2.27. The number of ether oxygens (including phenoxy) is 1. The number of carboxylic acid groups (broad SMARTS) is 2. The average molecular weight is 570 g/mol. The molecule has 0 radical (unpaired) electrons. The van der Waals surface area contributed by atoms with Gasteiger partial charge in [-0.05, 0) is 25.0 Å². The summed E-state index contributed by atoms with van der Waals surface area (Å²) in [5.74, 6) is -1.96. The molecule has 0 aliphatic carbocycles. The van der Waals surface area contributed by atoms with Crippen molar-refractivity contribution in [2.75, 3.05) is 7.11 Å². The SMILES string of the molecule is COc1cc2ncccc2cc1-c1cnc(C(N)CCCCCC(=O)c2ncco2)[nH]1.O=C(O)C(O)C(O)C(=O)O. The number of unbranched alkanes of at least 4 members (excludes halogenated alkanes) is 2. The van der Waals surface area contributed by atoms with Crippen LogP contribution in [-0.4, -0.2) is 77.4 Å². The van der Waals surface area contributed by atoms with Crippen molar-refractivity contribution >= 4 is 28.6 Å². The van der Waals surface area contributed by atoms with Crippen LogP contribution in [0.5, 0.6) is 5.75 Å². The second kappa shape index (κ2) is 14.6. The standard InChI is InChI=1S/C23H25N5O3.C4H6O6/c1-30-21-13-18-15(6-5-9-25-18)12-16(21)19-14-27-22(28-19)17(24)7-3-2-4-8-20(29)23-26-10-11-31-23;5-1(3(7)8)2(6)4(9)10/h5-6,9-14,17H,2-4,7-8,24H2,1H3,(H,27,28);1-2,5-6H,(H,7,8)(H,9,10). The number of aliphatic hydroxyl groups excluding tert-OH is 2. The molecule has 14 heteroatoms. The van der Waals surface area contributed by atoms with Crippen LogP contribution in [0.15, 0.2) is 53.5 Å². The number of hydrogen-bond acceptors (Lipinski definition) is 11. The Labute approximate surface area is 233 Å². The summed E-state index contributed by atoms with van der Waals surface area (Å²) in [6.07, 6.45) is 5.69. The third-order valence-electron chi connectivity index (χ3n) is 6.06. The van der Waals surface area contributed by atoms with E-state index in [0.717, 1.165) is 59.4 Å². The zero-order chi connectivity index (χ0) is 29.9. The van der Waals surface area contributed by atoms with E-state index in [-0.39, 0.29) is 17.7 Å². The number of nitrogens with two attached hydrogens (primary N) is 1. The number of nitrogens with zero attached hydrogens (tertiary/aromatic N) is 3. The van der Waals surface area contributed by atoms with Gasteiger partial charge in [-0.3, -0.25) is 9.78 Å². The molecule has 1 aromatic carbocycles. The van der Waals surface area contributed by atoms with Gasteiger partial charge < -0.3 is 40.3 Å². The van der Waals surface area contributed by atoms with Gasteiger partial charge in [-0.25, -0.2) is 19.6 Å². The number of carbonyl (C=O) groups is 3. The molecule has 3 unspecified atom stereocenters. The first-order valence-corrected chi connectivity index (χ1v) is 12.6. The molecular formula is C27H31N5O9. The summed E-state index contributed by atoms with van der Waals surface area (Å²) in [5.41, 5.74) is 8.98. The predicted molar refractivity (Wildman–Crippen MR) is 144 cm³/mol. The molecule has 0 bridgehead atoms. The molecular weight excluding hydrogens is 538 g/mol. The summed E-state index contributed by atoms with van der Waals surface area (Å²) in [7, 11) is 1.64. The summed E-state index contributed by atoms with van der Waals surface area (Å²) >= 11 is 0. The first-order chi connectivity index (χ1) is 19.6. The van der Waals surface area contributed by atoms with E-state index in [1.165, 1.54) is 12.5 Å². The number of methoxy groups -OCH3 is 1. The molecule has 0 spiro atoms. The highest BCUT2D eigenvalue weighted by Crippen LogP contribution is 2.33. The highest BCUT2D eigenvalue weighted by molar-refractivity contribution is 5.91. The average Bonchev–Trinajstić information content (AvgIpc) is 3.69. The van der Waals surface area contributed by atoms with Crippen molar-refractivity contribution in [2.45, 2.75) is 50.4 Å². The van der Waals surface area contributed by atoms with Crippen molar-refractivity contribution in [3.05, 3.63) is 60.8 Å². The molecule has 3 atom stereocenters. The molecule has 218 valence electrons. The Bertz CT molecular complexity index is 1440. The number of imidazole rings is 1. The number of Topliss-reactive ketones (excluding diaryl/α,β-unsaturated/α-hetero) is 1. The fraction of sp³-hybridized carbons (Fsp3) is 0.333. The Morgan fingerprint density at radius 3 is 2.39 bits per heavy atom. The lowest BCUT2D eigenvalue weighted by Gasteiger charge is -2.10. The number of benzene rings is 1. The fourth-order valence-corrected chi connectivity index (χ4v) is 3.84. The van der Waals surface area contributed by atoms with Crippen molar-refractivity contribution in [1.29, 1.82) is 0 Å². The smallest absolute Gasteiger partial charge is 0.335 e. The number of nitrogens with one attached hydrogen (secondary N) is 1. The van der Waals surface area contributed by atoms with E-state index < -0.39 is 24.1 Å². The van der Waals surface area contributed by atoms with E-state index in [0.29, 0.717) is 6.42 Å². The lowest BCUT2D eigenvalue weighted by molar-refractivity contribution is -0.165. The van der Waals surface area contributed by atoms with Crippen LogP contribution in [-0.2, 0) is 9.59 Å². The minimum absolute atomic E-state index is 0.0653. The van der Waals surface area contributed by atoms with Gasteiger partial charge in [0.15, 0.2) is 12.2 Å². The summed E-state index contributed by atoms with van der Waals surface area (Å²) in [4.78, 5) is 47.5. The maximum Gasteiger partial charge on any atom is 0.335 e. The zero-order valence-electron chi connectivity index (χ0n) is 22.1. The topological polar surface area (TPSA) is 235 Å². The molecule has 0 fully saturated rings. The minimum Gasteiger partial charge on any atom is -0.496 e. The van der Waals surface area contributed by atoms with Gasteiger partial charge in [0, 0.05) is 29.6 Å². The first kappa shape index (κ1) is 30.9. The largest absolute Gasteiger partial charge is 0.496 e. The molecule has 0 saturated carbocycles. The van der Waals surface area contributed by atoms with Crippen LogP contribution in [0.3, 0.4) is 0 Å². The lowest BCUT2D eigenvalue weighted by atomic mass is 10.1. The van der Waals surface area contributed by atoms with Gasteiger partial charge in [0.25, 0.3) is 5.89 Å². The maximum absolute atomic E-state index is 11.9. The number of fused-ring (bicyclic) bond motifs is 1. The van der Waals surface area contributed by atoms with Crippen molar-refractivity contribution in [3.8, 4) is 17.0 Å². The van der Waals surface area contributed by atoms with E-state index >= 15 is 0 Å². The second-order valence-corrected chi connectivity index (χ2v) is 8.96. The number of aromatic nitrogens is 4. The quantitative estimate of drug-likeness (QED) is 0.100. The Hall–Kier alpha value is -4.66. The third kappa shape index (κ3) is 8.41. The summed E-state index contributed by atoms with van der Waals surface area (Å²) < 4.78 is 10.6. The van der Waals surface area contributed by atoms with E-state index in [1.54, 1.807) is 19.5 Å². The number of aliphatic hydroxyl groups is 2. The summed E-state index contributed by atoms with van der Waals surface area (Å²) in [5, 5.41) is 33.6. The van der Waals surface area contributed by atoms with Crippen LogP contribution in [0.1, 0.15) is 54.7 Å². The van der Waals surface area contributed by atoms with Crippen LogP contribution < -0.4 is 10.5 Å². The molecule has 7 N–H and O–H groups in total. The van der Waals surface area contributed by atoms with Gasteiger partial charge in [0.1, 0.15) is 17.8 Å². The molecule has 0 aliphatic rings. The van der Waals surface area contributed by atoms with Crippen molar-refractivity contribution in [2.24, 2.45) is 5.73 Å². The first-order valence-electron chi connectivity index (χ1n) is 12.6. The Kier molecular flexibility index (Phi) is 11.0. The highest BCUT2D eigenvalue weighted by atomic mass is 16.5. The molecule has 4 rings (SSSR count). The zero-order valence-corrected chi connectivity index (χ0v) is 22.1. The fourth-order valence-electron chi connectivity index (χ4n) is 3.84. The van der Waals surface area contributed by atoms with Gasteiger partial charge in [0.2, 0.25) is 5.78 Å². The molecule has 0 amide bonds. The van der Waals surface area contributed by atoms with E-state index in [2.05, 4.69) is 19.9 Å². The van der Waals surface area contributed by atoms with Crippen LogP contribution in [0.2, 0.25) is 0 Å². The number of aliphatic carboxylic acids is 2. The molecule has 14 nitrogen and oxygen atoms in total. The van der Waals surface area contributed by atoms with Gasteiger partial charge in [-0.2, -0.15) is 0 Å². The highest BCUT2D eigenvalue weighted by Gasteiger charge is 2.29. The van der Waals surface area contributed by atoms with Gasteiger partial charge in [-0.1, -0.05) is 18.9 Å².